The SMILES string of the molecule is CCCCN(CCN)C(=O)Cc1ccccc1. The van der Waals surface area contributed by atoms with Crippen LogP contribution in [0, 0.1) is 0 Å². The molecule has 3 heteroatoms. The second kappa shape index (κ2) is 7.85. The Morgan fingerprint density at radius 1 is 1.24 bits per heavy atom. The summed E-state index contributed by atoms with van der Waals surface area (Å²) in [6.07, 6.45) is 2.62. The van der Waals surface area contributed by atoms with Gasteiger partial charge in [-0.3, -0.25) is 4.79 Å². The Labute approximate surface area is 104 Å². The Morgan fingerprint density at radius 2 is 1.94 bits per heavy atom. The van der Waals surface area contributed by atoms with Crippen molar-refractivity contribution >= 4 is 5.91 Å². The molecule has 17 heavy (non-hydrogen) atoms. The second-order valence-electron chi connectivity index (χ2n) is 4.19. The maximum absolute atomic E-state index is 12.1. The monoisotopic (exact) mass is 234 g/mol. The minimum atomic E-state index is 0.176. The van der Waals surface area contributed by atoms with Crippen LogP contribution >= 0.6 is 0 Å². The number of carbonyl (C=O) groups is 1. The molecule has 0 spiro atoms. The highest BCUT2D eigenvalue weighted by Gasteiger charge is 2.12. The summed E-state index contributed by atoms with van der Waals surface area (Å²) in [5.74, 6) is 0.176. The Bertz CT molecular complexity index is 324. The molecule has 0 atom stereocenters. The smallest absolute Gasteiger partial charge is 0.227 e. The van der Waals surface area contributed by atoms with Gasteiger partial charge in [0, 0.05) is 19.6 Å². The number of nitrogens with two attached hydrogens (primary N) is 1. The van der Waals surface area contributed by atoms with Crippen molar-refractivity contribution in [2.75, 3.05) is 19.6 Å². The van der Waals surface area contributed by atoms with Gasteiger partial charge in [0.05, 0.1) is 6.42 Å². The standard InChI is InChI=1S/C14H22N2O/c1-2-3-10-16(11-9-15)14(17)12-13-7-5-4-6-8-13/h4-8H,2-3,9-12,15H2,1H3. The number of benzene rings is 1. The van der Waals surface area contributed by atoms with Crippen LogP contribution in [0.5, 0.6) is 0 Å². The van der Waals surface area contributed by atoms with E-state index in [9.17, 15) is 4.79 Å². The van der Waals surface area contributed by atoms with Crippen molar-refractivity contribution in [3.05, 3.63) is 35.9 Å². The lowest BCUT2D eigenvalue weighted by Crippen LogP contribution is -2.37. The van der Waals surface area contributed by atoms with Crippen molar-refractivity contribution in [3.8, 4) is 0 Å². The fourth-order valence-corrected chi connectivity index (χ4v) is 1.75. The van der Waals surface area contributed by atoms with E-state index in [2.05, 4.69) is 6.92 Å². The summed E-state index contributed by atoms with van der Waals surface area (Å²) in [4.78, 5) is 14.0. The van der Waals surface area contributed by atoms with E-state index in [-0.39, 0.29) is 5.91 Å². The highest BCUT2D eigenvalue weighted by molar-refractivity contribution is 5.78. The van der Waals surface area contributed by atoms with Crippen molar-refractivity contribution in [2.45, 2.75) is 26.2 Å². The van der Waals surface area contributed by atoms with Crippen LogP contribution in [-0.2, 0) is 11.2 Å². The minimum Gasteiger partial charge on any atom is -0.341 e. The van der Waals surface area contributed by atoms with Gasteiger partial charge >= 0.3 is 0 Å². The van der Waals surface area contributed by atoms with Crippen LogP contribution in [-0.4, -0.2) is 30.4 Å². The number of carbonyl (C=O) groups excluding carboxylic acids is 1. The number of unbranched alkanes of at least 4 members (excludes halogenated alkanes) is 1. The molecule has 0 saturated carbocycles. The average molecular weight is 234 g/mol. The summed E-state index contributed by atoms with van der Waals surface area (Å²) in [5.41, 5.74) is 6.60. The zero-order valence-corrected chi connectivity index (χ0v) is 10.6. The molecule has 0 bridgehead atoms. The topological polar surface area (TPSA) is 46.3 Å². The summed E-state index contributed by atoms with van der Waals surface area (Å²) >= 11 is 0. The molecule has 0 heterocycles. The third-order valence-electron chi connectivity index (χ3n) is 2.73. The summed E-state index contributed by atoms with van der Waals surface area (Å²) in [6.45, 7) is 4.14. The summed E-state index contributed by atoms with van der Waals surface area (Å²) in [7, 11) is 0. The lowest BCUT2D eigenvalue weighted by atomic mass is 10.1. The Kier molecular flexibility index (Phi) is 6.33. The van der Waals surface area contributed by atoms with Crippen LogP contribution in [0.2, 0.25) is 0 Å². The van der Waals surface area contributed by atoms with Gasteiger partial charge < -0.3 is 10.6 Å². The Hall–Kier alpha value is -1.35. The molecule has 1 aromatic carbocycles. The molecule has 0 saturated heterocycles. The summed E-state index contributed by atoms with van der Waals surface area (Å²) in [6, 6.07) is 9.85. The van der Waals surface area contributed by atoms with Crippen molar-refractivity contribution in [1.29, 1.82) is 0 Å². The fourth-order valence-electron chi connectivity index (χ4n) is 1.75. The lowest BCUT2D eigenvalue weighted by molar-refractivity contribution is -0.130. The van der Waals surface area contributed by atoms with E-state index in [0.717, 1.165) is 24.9 Å². The molecule has 1 aromatic rings. The van der Waals surface area contributed by atoms with E-state index in [0.29, 0.717) is 19.5 Å². The Morgan fingerprint density at radius 3 is 2.53 bits per heavy atom. The van der Waals surface area contributed by atoms with Gasteiger partial charge in [-0.05, 0) is 12.0 Å². The zero-order chi connectivity index (χ0) is 12.5. The van der Waals surface area contributed by atoms with Gasteiger partial charge in [-0.1, -0.05) is 43.7 Å². The summed E-state index contributed by atoms with van der Waals surface area (Å²) < 4.78 is 0. The number of hydrogen-bond acceptors (Lipinski definition) is 2. The van der Waals surface area contributed by atoms with Crippen LogP contribution in [0.1, 0.15) is 25.3 Å². The third kappa shape index (κ3) is 5.00. The molecular weight excluding hydrogens is 212 g/mol. The largest absolute Gasteiger partial charge is 0.341 e. The number of hydrogen-bond donors (Lipinski definition) is 1. The first-order valence-electron chi connectivity index (χ1n) is 6.29. The summed E-state index contributed by atoms with van der Waals surface area (Å²) in [5, 5.41) is 0. The average Bonchev–Trinajstić information content (AvgIpc) is 2.35. The number of amides is 1. The lowest BCUT2D eigenvalue weighted by Gasteiger charge is -2.21. The first kappa shape index (κ1) is 13.7. The van der Waals surface area contributed by atoms with Crippen LogP contribution in [0.25, 0.3) is 0 Å². The maximum atomic E-state index is 12.1. The quantitative estimate of drug-likeness (QED) is 0.782. The van der Waals surface area contributed by atoms with Gasteiger partial charge in [0.25, 0.3) is 0 Å². The van der Waals surface area contributed by atoms with Crippen LogP contribution in [0.15, 0.2) is 30.3 Å². The maximum Gasteiger partial charge on any atom is 0.227 e. The zero-order valence-electron chi connectivity index (χ0n) is 10.6. The molecule has 0 aliphatic rings. The van der Waals surface area contributed by atoms with Crippen molar-refractivity contribution in [3.63, 3.8) is 0 Å². The minimum absolute atomic E-state index is 0.176. The van der Waals surface area contributed by atoms with Crippen molar-refractivity contribution in [1.82, 2.24) is 4.90 Å². The van der Waals surface area contributed by atoms with Gasteiger partial charge in [0.2, 0.25) is 5.91 Å². The van der Waals surface area contributed by atoms with Gasteiger partial charge in [0.1, 0.15) is 0 Å². The van der Waals surface area contributed by atoms with E-state index in [1.54, 1.807) is 0 Å². The molecular formula is C14H22N2O. The van der Waals surface area contributed by atoms with Gasteiger partial charge in [-0.15, -0.1) is 0 Å². The van der Waals surface area contributed by atoms with E-state index < -0.39 is 0 Å². The van der Waals surface area contributed by atoms with Gasteiger partial charge in [0.15, 0.2) is 0 Å². The molecule has 1 rings (SSSR count). The highest BCUT2D eigenvalue weighted by Crippen LogP contribution is 2.04. The number of rotatable bonds is 7. The molecule has 2 N–H and O–H groups in total. The van der Waals surface area contributed by atoms with E-state index >= 15 is 0 Å². The molecule has 1 amide bonds. The second-order valence-corrected chi connectivity index (χ2v) is 4.19. The van der Waals surface area contributed by atoms with E-state index in [1.165, 1.54) is 0 Å². The predicted molar refractivity (Wildman–Crippen MR) is 70.7 cm³/mol. The molecule has 0 fully saturated rings. The highest BCUT2D eigenvalue weighted by atomic mass is 16.2. The first-order chi connectivity index (χ1) is 8.27. The molecule has 0 unspecified atom stereocenters. The van der Waals surface area contributed by atoms with E-state index in [1.807, 2.05) is 35.2 Å². The number of nitrogens with zero attached hydrogens (tertiary/aromatic N) is 1. The molecule has 0 aromatic heterocycles. The molecule has 0 aliphatic heterocycles. The fraction of sp³-hybridized carbons (Fsp3) is 0.500. The molecule has 3 nitrogen and oxygen atoms in total. The molecule has 0 aliphatic carbocycles. The van der Waals surface area contributed by atoms with Crippen LogP contribution in [0.4, 0.5) is 0 Å². The molecule has 0 radical (unpaired) electrons. The first-order valence-corrected chi connectivity index (χ1v) is 6.29. The van der Waals surface area contributed by atoms with Gasteiger partial charge in [-0.25, -0.2) is 0 Å². The van der Waals surface area contributed by atoms with Crippen LogP contribution < -0.4 is 5.73 Å². The third-order valence-corrected chi connectivity index (χ3v) is 2.73. The normalized spacial score (nSPS) is 10.2. The predicted octanol–water partition coefficient (Wildman–Crippen LogP) is 1.82. The van der Waals surface area contributed by atoms with Crippen molar-refractivity contribution in [2.24, 2.45) is 5.73 Å². The Balaban J connectivity index is 2.52. The van der Waals surface area contributed by atoms with Crippen molar-refractivity contribution < 1.29 is 4.79 Å². The van der Waals surface area contributed by atoms with Crippen LogP contribution in [0.3, 0.4) is 0 Å². The van der Waals surface area contributed by atoms with E-state index in [4.69, 9.17) is 5.73 Å². The van der Waals surface area contributed by atoms with Gasteiger partial charge in [-0.2, -0.15) is 0 Å². The molecule has 94 valence electrons.